The van der Waals surface area contributed by atoms with Gasteiger partial charge in [0.2, 0.25) is 0 Å². The van der Waals surface area contributed by atoms with Crippen LogP contribution in [-0.4, -0.2) is 21.3 Å². The van der Waals surface area contributed by atoms with Gasteiger partial charge in [-0.2, -0.15) is 13.2 Å². The van der Waals surface area contributed by atoms with Crippen LogP contribution in [0.2, 0.25) is 0 Å². The Balaban J connectivity index is 2.36. The molecule has 0 radical (unpaired) electrons. The maximum Gasteiger partial charge on any atom is 0.416 e. The Morgan fingerprint density at radius 1 is 1.35 bits per heavy atom. The van der Waals surface area contributed by atoms with Gasteiger partial charge in [-0.1, -0.05) is 43.0 Å². The van der Waals surface area contributed by atoms with Crippen molar-refractivity contribution in [1.82, 2.24) is 0 Å². The van der Waals surface area contributed by atoms with Gasteiger partial charge < -0.3 is 9.29 Å². The van der Waals surface area contributed by atoms with Gasteiger partial charge in [-0.15, -0.1) is 0 Å². The van der Waals surface area contributed by atoms with Crippen molar-refractivity contribution in [3.63, 3.8) is 0 Å². The SMILES string of the molecule is CCC(=O)OCC(c1ccc(CS(=O)[O-])c(C(F)(F)F)c1)C1CCCC1. The molecule has 2 unspecified atom stereocenters. The lowest BCUT2D eigenvalue weighted by molar-refractivity contribution is -0.144. The third-order valence-corrected chi connectivity index (χ3v) is 5.37. The molecule has 1 aliphatic carbocycles. The monoisotopic (exact) mass is 391 g/mol. The van der Waals surface area contributed by atoms with Gasteiger partial charge >= 0.3 is 12.1 Å². The molecule has 0 N–H and O–H groups in total. The molecule has 2 atom stereocenters. The van der Waals surface area contributed by atoms with Crippen molar-refractivity contribution in [2.75, 3.05) is 6.61 Å². The van der Waals surface area contributed by atoms with Crippen LogP contribution in [0.1, 0.15) is 61.6 Å². The molecule has 1 aromatic rings. The number of alkyl halides is 3. The standard InChI is InChI=1S/C18H23F3O4S/c1-2-17(22)25-10-15(12-5-3-4-6-12)13-7-8-14(11-26(23)24)16(9-13)18(19,20)21/h7-9,12,15H,2-6,10-11H2,1H3,(H,23,24)/p-1. The molecule has 0 amide bonds. The minimum absolute atomic E-state index is 0.0431. The summed E-state index contributed by atoms with van der Waals surface area (Å²) in [4.78, 5) is 11.5. The smallest absolute Gasteiger partial charge is 0.416 e. The maximum atomic E-state index is 13.4. The summed E-state index contributed by atoms with van der Waals surface area (Å²) in [6.07, 6.45) is -0.681. The Hall–Kier alpha value is -1.41. The predicted molar refractivity (Wildman–Crippen MR) is 90.0 cm³/mol. The zero-order valence-electron chi connectivity index (χ0n) is 14.5. The number of benzene rings is 1. The molecule has 1 aromatic carbocycles. The summed E-state index contributed by atoms with van der Waals surface area (Å²) in [5.41, 5.74) is -0.775. The number of hydrogen-bond donors (Lipinski definition) is 0. The zero-order chi connectivity index (χ0) is 19.3. The lowest BCUT2D eigenvalue weighted by Gasteiger charge is -2.25. The second-order valence-electron chi connectivity index (χ2n) is 6.55. The van der Waals surface area contributed by atoms with E-state index in [4.69, 9.17) is 4.74 Å². The van der Waals surface area contributed by atoms with Crippen LogP contribution in [0.3, 0.4) is 0 Å². The van der Waals surface area contributed by atoms with Gasteiger partial charge in [0.25, 0.3) is 0 Å². The van der Waals surface area contributed by atoms with Crippen molar-refractivity contribution < 1.29 is 31.5 Å². The first-order valence-electron chi connectivity index (χ1n) is 8.63. The number of carbonyl (C=O) groups excluding carboxylic acids is 1. The molecule has 4 nitrogen and oxygen atoms in total. The molecule has 26 heavy (non-hydrogen) atoms. The van der Waals surface area contributed by atoms with Crippen LogP contribution in [0.4, 0.5) is 13.2 Å². The largest absolute Gasteiger partial charge is 0.772 e. The van der Waals surface area contributed by atoms with Crippen LogP contribution < -0.4 is 0 Å². The zero-order valence-corrected chi connectivity index (χ0v) is 15.3. The van der Waals surface area contributed by atoms with E-state index in [1.807, 2.05) is 0 Å². The Kier molecular flexibility index (Phi) is 7.23. The maximum absolute atomic E-state index is 13.4. The molecule has 1 fully saturated rings. The highest BCUT2D eigenvalue weighted by Gasteiger charge is 2.35. The first-order valence-corrected chi connectivity index (χ1v) is 9.88. The minimum Gasteiger partial charge on any atom is -0.772 e. The first kappa shape index (κ1) is 20.9. The van der Waals surface area contributed by atoms with Gasteiger partial charge in [0.1, 0.15) is 0 Å². The van der Waals surface area contributed by atoms with Crippen molar-refractivity contribution in [3.8, 4) is 0 Å². The van der Waals surface area contributed by atoms with Gasteiger partial charge in [-0.05, 0) is 36.0 Å². The van der Waals surface area contributed by atoms with Gasteiger partial charge in [-0.25, -0.2) is 0 Å². The molecule has 0 aromatic heterocycles. The van der Waals surface area contributed by atoms with E-state index in [0.717, 1.165) is 31.7 Å². The van der Waals surface area contributed by atoms with Gasteiger partial charge in [0, 0.05) is 18.1 Å². The molecule has 1 aliphatic rings. The van der Waals surface area contributed by atoms with Gasteiger partial charge in [0.05, 0.1) is 12.2 Å². The molecule has 8 heteroatoms. The summed E-state index contributed by atoms with van der Waals surface area (Å²) in [5.74, 6) is -1.24. The van der Waals surface area contributed by atoms with Crippen LogP contribution in [0.15, 0.2) is 18.2 Å². The third-order valence-electron chi connectivity index (χ3n) is 4.82. The van der Waals surface area contributed by atoms with E-state index in [2.05, 4.69) is 0 Å². The van der Waals surface area contributed by atoms with Crippen LogP contribution in [0.25, 0.3) is 0 Å². The van der Waals surface area contributed by atoms with Crippen molar-refractivity contribution in [2.45, 2.75) is 56.9 Å². The number of hydrogen-bond acceptors (Lipinski definition) is 4. The Labute approximate surface area is 153 Å². The average Bonchev–Trinajstić information content (AvgIpc) is 3.08. The Morgan fingerprint density at radius 3 is 2.54 bits per heavy atom. The van der Waals surface area contributed by atoms with Gasteiger partial charge in [-0.3, -0.25) is 9.00 Å². The van der Waals surface area contributed by atoms with E-state index in [0.29, 0.717) is 5.56 Å². The average molecular weight is 391 g/mol. The highest BCUT2D eigenvalue weighted by molar-refractivity contribution is 7.78. The fourth-order valence-electron chi connectivity index (χ4n) is 3.49. The number of ether oxygens (including phenoxy) is 1. The molecule has 0 bridgehead atoms. The number of carbonyl (C=O) groups is 1. The lowest BCUT2D eigenvalue weighted by atomic mass is 9.84. The molecule has 0 aliphatic heterocycles. The summed E-state index contributed by atoms with van der Waals surface area (Å²) in [6, 6.07) is 3.77. The van der Waals surface area contributed by atoms with E-state index in [1.54, 1.807) is 6.92 Å². The van der Waals surface area contributed by atoms with E-state index in [9.17, 15) is 26.7 Å². The van der Waals surface area contributed by atoms with Crippen LogP contribution >= 0.6 is 0 Å². The molecule has 0 spiro atoms. The molecular weight excluding hydrogens is 369 g/mol. The van der Waals surface area contributed by atoms with Crippen LogP contribution in [0.5, 0.6) is 0 Å². The van der Waals surface area contributed by atoms with Crippen LogP contribution in [0, 0.1) is 5.92 Å². The van der Waals surface area contributed by atoms with E-state index >= 15 is 0 Å². The highest BCUT2D eigenvalue weighted by atomic mass is 32.2. The van der Waals surface area contributed by atoms with E-state index in [-0.39, 0.29) is 36.4 Å². The van der Waals surface area contributed by atoms with Crippen molar-refractivity contribution in [3.05, 3.63) is 34.9 Å². The normalized spacial score (nSPS) is 17.9. The molecule has 1 saturated carbocycles. The second kappa shape index (κ2) is 8.99. The third kappa shape index (κ3) is 5.54. The van der Waals surface area contributed by atoms with E-state index in [1.165, 1.54) is 12.1 Å². The Morgan fingerprint density at radius 2 is 2.00 bits per heavy atom. The van der Waals surface area contributed by atoms with Crippen LogP contribution in [-0.2, 0) is 32.5 Å². The number of halogens is 3. The lowest BCUT2D eigenvalue weighted by Crippen LogP contribution is -2.20. The fraction of sp³-hybridized carbons (Fsp3) is 0.611. The predicted octanol–water partition coefficient (Wildman–Crippen LogP) is 4.31. The van der Waals surface area contributed by atoms with Crippen molar-refractivity contribution >= 4 is 17.0 Å². The molecule has 146 valence electrons. The first-order chi connectivity index (χ1) is 12.2. The summed E-state index contributed by atoms with van der Waals surface area (Å²) >= 11 is -2.61. The van der Waals surface area contributed by atoms with E-state index < -0.39 is 28.6 Å². The number of esters is 1. The Bertz CT molecular complexity index is 654. The molecule has 0 saturated heterocycles. The summed E-state index contributed by atoms with van der Waals surface area (Å²) in [6.45, 7) is 1.70. The number of rotatable bonds is 7. The van der Waals surface area contributed by atoms with Crippen molar-refractivity contribution in [1.29, 1.82) is 0 Å². The second-order valence-corrected chi connectivity index (χ2v) is 7.45. The highest BCUT2D eigenvalue weighted by Crippen LogP contribution is 2.40. The van der Waals surface area contributed by atoms with Crippen molar-refractivity contribution in [2.24, 2.45) is 5.92 Å². The topological polar surface area (TPSA) is 66.4 Å². The quantitative estimate of drug-likeness (QED) is 0.513. The summed E-state index contributed by atoms with van der Waals surface area (Å²) in [5, 5.41) is 0. The molecule has 2 rings (SSSR count). The minimum atomic E-state index is -4.65. The van der Waals surface area contributed by atoms with Gasteiger partial charge in [0.15, 0.2) is 0 Å². The fourth-order valence-corrected chi connectivity index (χ4v) is 4.00. The summed E-state index contributed by atoms with van der Waals surface area (Å²) < 4.78 is 67.1. The molecular formula is C18H22F3O4S-. The molecule has 0 heterocycles. The summed E-state index contributed by atoms with van der Waals surface area (Å²) in [7, 11) is 0.